The summed E-state index contributed by atoms with van der Waals surface area (Å²) < 4.78 is 0. The highest BCUT2D eigenvalue weighted by atomic mass is 16.6. The highest BCUT2D eigenvalue weighted by Crippen LogP contribution is 2.12. The van der Waals surface area contributed by atoms with Gasteiger partial charge >= 0.3 is 0 Å². The summed E-state index contributed by atoms with van der Waals surface area (Å²) >= 11 is 0. The molecule has 0 aromatic heterocycles. The highest BCUT2D eigenvalue weighted by molar-refractivity contribution is 5.99. The number of hydrogen-bond donors (Lipinski definition) is 0. The Morgan fingerprint density at radius 1 is 1.05 bits per heavy atom. The van der Waals surface area contributed by atoms with Gasteiger partial charge in [-0.3, -0.25) is 0 Å². The van der Waals surface area contributed by atoms with Crippen LogP contribution in [0.25, 0.3) is 0 Å². The molecule has 0 spiro atoms. The minimum Gasteiger partial charge on any atom is -0.390 e. The lowest BCUT2D eigenvalue weighted by molar-refractivity contribution is 0.129. The molecule has 0 heterocycles. The van der Waals surface area contributed by atoms with Gasteiger partial charge in [0.25, 0.3) is 0 Å². The van der Waals surface area contributed by atoms with Gasteiger partial charge in [0, 0.05) is 5.92 Å². The predicted octanol–water partition coefficient (Wildman–Crippen LogP) is 4.35. The van der Waals surface area contributed by atoms with Gasteiger partial charge in [0.15, 0.2) is 5.71 Å². The van der Waals surface area contributed by atoms with Crippen molar-refractivity contribution < 1.29 is 4.84 Å². The van der Waals surface area contributed by atoms with E-state index < -0.39 is 0 Å². The summed E-state index contributed by atoms with van der Waals surface area (Å²) in [6.07, 6.45) is 1.81. The van der Waals surface area contributed by atoms with E-state index >= 15 is 0 Å². The molecule has 0 N–H and O–H groups in total. The SMILES string of the molecule is CC(CCc1ccccc1)/C(C#N)=N/OCc1ccccc1. The number of nitriles is 1. The Labute approximate surface area is 131 Å². The lowest BCUT2D eigenvalue weighted by Gasteiger charge is -2.09. The minimum atomic E-state index is 0.0842. The zero-order valence-corrected chi connectivity index (χ0v) is 12.8. The molecule has 0 aliphatic rings. The Hall–Kier alpha value is -2.60. The summed E-state index contributed by atoms with van der Waals surface area (Å²) in [4.78, 5) is 5.31. The van der Waals surface area contributed by atoms with E-state index in [1.807, 2.05) is 55.5 Å². The summed E-state index contributed by atoms with van der Waals surface area (Å²) in [6.45, 7) is 2.40. The lowest BCUT2D eigenvalue weighted by Crippen LogP contribution is -2.11. The maximum atomic E-state index is 9.23. The van der Waals surface area contributed by atoms with E-state index in [0.29, 0.717) is 12.3 Å². The van der Waals surface area contributed by atoms with E-state index in [1.54, 1.807) is 0 Å². The highest BCUT2D eigenvalue weighted by Gasteiger charge is 2.11. The van der Waals surface area contributed by atoms with Gasteiger partial charge in [-0.15, -0.1) is 0 Å². The summed E-state index contributed by atoms with van der Waals surface area (Å²) in [5, 5.41) is 13.2. The van der Waals surface area contributed by atoms with Crippen molar-refractivity contribution in [2.75, 3.05) is 0 Å². The Balaban J connectivity index is 1.84. The predicted molar refractivity (Wildman–Crippen MR) is 88.2 cm³/mol. The molecule has 2 rings (SSSR count). The van der Waals surface area contributed by atoms with Crippen LogP contribution in [0, 0.1) is 17.2 Å². The van der Waals surface area contributed by atoms with Crippen LogP contribution in [0.5, 0.6) is 0 Å². The molecule has 0 bridgehead atoms. The molecule has 3 nitrogen and oxygen atoms in total. The first kappa shape index (κ1) is 15.8. The molecule has 0 aliphatic heterocycles. The van der Waals surface area contributed by atoms with Gasteiger partial charge in [-0.25, -0.2) is 0 Å². The first-order valence-corrected chi connectivity index (χ1v) is 7.47. The van der Waals surface area contributed by atoms with Gasteiger partial charge < -0.3 is 4.84 Å². The molecule has 2 aromatic carbocycles. The second-order valence-corrected chi connectivity index (χ2v) is 5.27. The fourth-order valence-corrected chi connectivity index (χ4v) is 2.14. The Morgan fingerprint density at radius 3 is 2.23 bits per heavy atom. The second-order valence-electron chi connectivity index (χ2n) is 5.27. The maximum absolute atomic E-state index is 9.23. The summed E-state index contributed by atoms with van der Waals surface area (Å²) in [6, 6.07) is 22.2. The average Bonchev–Trinajstić information content (AvgIpc) is 2.58. The quantitative estimate of drug-likeness (QED) is 0.562. The largest absolute Gasteiger partial charge is 0.390 e. The third kappa shape index (κ3) is 5.06. The van der Waals surface area contributed by atoms with Crippen molar-refractivity contribution in [3.63, 3.8) is 0 Å². The number of nitrogens with zero attached hydrogens (tertiary/aromatic N) is 2. The number of benzene rings is 2. The first-order chi connectivity index (χ1) is 10.8. The van der Waals surface area contributed by atoms with Crippen LogP contribution < -0.4 is 0 Å². The van der Waals surface area contributed by atoms with Crippen molar-refractivity contribution in [2.24, 2.45) is 11.1 Å². The van der Waals surface area contributed by atoms with Gasteiger partial charge in [-0.1, -0.05) is 72.7 Å². The Bertz CT molecular complexity index is 629. The van der Waals surface area contributed by atoms with E-state index in [2.05, 4.69) is 23.4 Å². The van der Waals surface area contributed by atoms with Crippen molar-refractivity contribution in [1.29, 1.82) is 5.26 Å². The molecule has 0 saturated carbocycles. The fraction of sp³-hybridized carbons (Fsp3) is 0.263. The van der Waals surface area contributed by atoms with Crippen molar-refractivity contribution in [2.45, 2.75) is 26.4 Å². The maximum Gasteiger partial charge on any atom is 0.159 e. The normalized spacial score (nSPS) is 12.5. The van der Waals surface area contributed by atoms with E-state index in [1.165, 1.54) is 5.56 Å². The second kappa shape index (κ2) is 8.63. The van der Waals surface area contributed by atoms with Crippen LogP contribution in [0.2, 0.25) is 0 Å². The Kier molecular flexibility index (Phi) is 6.19. The molecule has 0 amide bonds. The van der Waals surface area contributed by atoms with Gasteiger partial charge in [-0.2, -0.15) is 5.26 Å². The van der Waals surface area contributed by atoms with Crippen LogP contribution in [0.4, 0.5) is 0 Å². The zero-order chi connectivity index (χ0) is 15.6. The van der Waals surface area contributed by atoms with Crippen LogP contribution >= 0.6 is 0 Å². The van der Waals surface area contributed by atoms with Crippen molar-refractivity contribution in [3.8, 4) is 6.07 Å². The van der Waals surface area contributed by atoms with Gasteiger partial charge in [0.05, 0.1) is 0 Å². The lowest BCUT2D eigenvalue weighted by atomic mass is 9.97. The van der Waals surface area contributed by atoms with Crippen LogP contribution in [0.15, 0.2) is 65.8 Å². The number of hydrogen-bond acceptors (Lipinski definition) is 3. The van der Waals surface area contributed by atoms with E-state index in [0.717, 1.165) is 18.4 Å². The third-order valence-electron chi connectivity index (χ3n) is 3.53. The van der Waals surface area contributed by atoms with Gasteiger partial charge in [0.2, 0.25) is 0 Å². The molecule has 0 aliphatic carbocycles. The Morgan fingerprint density at radius 2 is 1.64 bits per heavy atom. The van der Waals surface area contributed by atoms with E-state index in [4.69, 9.17) is 4.84 Å². The zero-order valence-electron chi connectivity index (χ0n) is 12.8. The molecule has 112 valence electrons. The molecular formula is C19H20N2O. The van der Waals surface area contributed by atoms with Crippen molar-refractivity contribution in [3.05, 3.63) is 71.8 Å². The minimum absolute atomic E-state index is 0.0842. The monoisotopic (exact) mass is 292 g/mol. The van der Waals surface area contributed by atoms with E-state index in [-0.39, 0.29) is 5.92 Å². The van der Waals surface area contributed by atoms with Crippen LogP contribution in [-0.4, -0.2) is 5.71 Å². The summed E-state index contributed by atoms with van der Waals surface area (Å²) in [5.41, 5.74) is 2.77. The molecule has 0 radical (unpaired) electrons. The van der Waals surface area contributed by atoms with Crippen LogP contribution in [0.1, 0.15) is 24.5 Å². The van der Waals surface area contributed by atoms with Crippen molar-refractivity contribution >= 4 is 5.71 Å². The number of aryl methyl sites for hydroxylation is 1. The van der Waals surface area contributed by atoms with Crippen LogP contribution in [0.3, 0.4) is 0 Å². The summed E-state index contributed by atoms with van der Waals surface area (Å²) in [7, 11) is 0. The summed E-state index contributed by atoms with van der Waals surface area (Å²) in [5.74, 6) is 0.0842. The van der Waals surface area contributed by atoms with E-state index in [9.17, 15) is 5.26 Å². The molecule has 2 aromatic rings. The number of rotatable bonds is 7. The molecule has 1 atom stereocenters. The fourth-order valence-electron chi connectivity index (χ4n) is 2.14. The standard InChI is InChI=1S/C19H20N2O/c1-16(12-13-17-8-4-2-5-9-17)19(14-20)21-22-15-18-10-6-3-7-11-18/h2-11,16H,12-13,15H2,1H3/b21-19+. The van der Waals surface area contributed by atoms with Crippen molar-refractivity contribution in [1.82, 2.24) is 0 Å². The van der Waals surface area contributed by atoms with Gasteiger partial charge in [0.1, 0.15) is 12.7 Å². The van der Waals surface area contributed by atoms with Crippen LogP contribution in [-0.2, 0) is 17.9 Å². The molecule has 3 heteroatoms. The molecule has 22 heavy (non-hydrogen) atoms. The smallest absolute Gasteiger partial charge is 0.159 e. The molecule has 1 unspecified atom stereocenters. The average molecular weight is 292 g/mol. The third-order valence-corrected chi connectivity index (χ3v) is 3.53. The molecular weight excluding hydrogens is 272 g/mol. The first-order valence-electron chi connectivity index (χ1n) is 7.47. The number of oxime groups is 1. The molecule has 0 saturated heterocycles. The van der Waals surface area contributed by atoms with Gasteiger partial charge in [-0.05, 0) is 24.0 Å². The molecule has 0 fully saturated rings. The topological polar surface area (TPSA) is 45.4 Å².